The van der Waals surface area contributed by atoms with E-state index < -0.39 is 11.8 Å². The average Bonchev–Trinajstić information content (AvgIpc) is 2.46. The molecule has 0 aromatic heterocycles. The summed E-state index contributed by atoms with van der Waals surface area (Å²) in [5.74, 6) is -1.49. The van der Waals surface area contributed by atoms with Crippen molar-refractivity contribution in [2.75, 3.05) is 12.4 Å². The molecule has 0 unspecified atom stereocenters. The van der Waals surface area contributed by atoms with E-state index in [4.69, 9.17) is 16.3 Å². The van der Waals surface area contributed by atoms with Gasteiger partial charge in [-0.1, -0.05) is 41.9 Å². The van der Waals surface area contributed by atoms with Crippen molar-refractivity contribution in [3.63, 3.8) is 0 Å². The number of ether oxygens (including phenoxy) is 1. The highest BCUT2D eigenvalue weighted by Crippen LogP contribution is 2.26. The van der Waals surface area contributed by atoms with E-state index in [2.05, 4.69) is 5.32 Å². The lowest BCUT2D eigenvalue weighted by Gasteiger charge is -2.10. The SMILES string of the molecule is CNc1ccc(Cl)c(C(=O)OCc2ccccc2)c1F. The third-order valence-corrected chi connectivity index (χ3v) is 3.09. The summed E-state index contributed by atoms with van der Waals surface area (Å²) in [7, 11) is 1.56. The summed E-state index contributed by atoms with van der Waals surface area (Å²) < 4.78 is 19.1. The van der Waals surface area contributed by atoms with Gasteiger partial charge in [0.25, 0.3) is 0 Å². The molecule has 5 heteroatoms. The standard InChI is InChI=1S/C15H13ClFNO2/c1-18-12-8-7-11(16)13(14(12)17)15(19)20-9-10-5-3-2-4-6-10/h2-8,18H,9H2,1H3. The number of anilines is 1. The molecule has 0 bridgehead atoms. The number of rotatable bonds is 4. The summed E-state index contributed by atoms with van der Waals surface area (Å²) >= 11 is 5.87. The van der Waals surface area contributed by atoms with Gasteiger partial charge in [-0.2, -0.15) is 0 Å². The van der Waals surface area contributed by atoms with Gasteiger partial charge in [-0.05, 0) is 17.7 Å². The quantitative estimate of drug-likeness (QED) is 0.870. The van der Waals surface area contributed by atoms with Gasteiger partial charge in [0.15, 0.2) is 5.82 Å². The van der Waals surface area contributed by atoms with Crippen molar-refractivity contribution in [2.24, 2.45) is 0 Å². The summed E-state index contributed by atoms with van der Waals surface area (Å²) in [6, 6.07) is 12.1. The molecule has 0 aliphatic rings. The molecule has 20 heavy (non-hydrogen) atoms. The maximum Gasteiger partial charge on any atom is 0.343 e. The molecule has 0 amide bonds. The highest BCUT2D eigenvalue weighted by molar-refractivity contribution is 6.33. The molecule has 0 radical (unpaired) electrons. The van der Waals surface area contributed by atoms with Crippen molar-refractivity contribution in [1.29, 1.82) is 0 Å². The minimum absolute atomic E-state index is 0.0274. The second kappa shape index (κ2) is 6.39. The fraction of sp³-hybridized carbons (Fsp3) is 0.133. The van der Waals surface area contributed by atoms with E-state index >= 15 is 0 Å². The number of halogens is 2. The van der Waals surface area contributed by atoms with Crippen LogP contribution in [0.2, 0.25) is 5.02 Å². The molecule has 0 aliphatic carbocycles. The minimum atomic E-state index is -0.784. The third kappa shape index (κ3) is 3.08. The van der Waals surface area contributed by atoms with Crippen molar-refractivity contribution < 1.29 is 13.9 Å². The summed E-state index contributed by atoms with van der Waals surface area (Å²) in [5.41, 5.74) is 0.762. The normalized spacial score (nSPS) is 10.2. The number of benzene rings is 2. The molecule has 104 valence electrons. The predicted molar refractivity (Wildman–Crippen MR) is 76.5 cm³/mol. The number of carbonyl (C=O) groups is 1. The van der Waals surface area contributed by atoms with E-state index in [-0.39, 0.29) is 22.9 Å². The number of carbonyl (C=O) groups excluding carboxylic acids is 1. The second-order valence-corrected chi connectivity index (χ2v) is 4.50. The molecule has 0 atom stereocenters. The van der Waals surface area contributed by atoms with Crippen LogP contribution in [-0.4, -0.2) is 13.0 Å². The van der Waals surface area contributed by atoms with Crippen molar-refractivity contribution in [3.05, 3.63) is 64.4 Å². The molecule has 0 aliphatic heterocycles. The summed E-state index contributed by atoms with van der Waals surface area (Å²) in [4.78, 5) is 12.0. The van der Waals surface area contributed by atoms with Gasteiger partial charge in [0, 0.05) is 7.05 Å². The first-order chi connectivity index (χ1) is 9.63. The van der Waals surface area contributed by atoms with Gasteiger partial charge in [-0.15, -0.1) is 0 Å². The first kappa shape index (κ1) is 14.3. The second-order valence-electron chi connectivity index (χ2n) is 4.10. The van der Waals surface area contributed by atoms with Crippen LogP contribution >= 0.6 is 11.6 Å². The van der Waals surface area contributed by atoms with Crippen molar-refractivity contribution in [3.8, 4) is 0 Å². The Hall–Kier alpha value is -2.07. The summed E-state index contributed by atoms with van der Waals surface area (Å²) in [6.45, 7) is 0.0687. The Labute approximate surface area is 121 Å². The molecule has 2 rings (SSSR count). The lowest BCUT2D eigenvalue weighted by atomic mass is 10.2. The molecule has 1 N–H and O–H groups in total. The molecule has 0 saturated carbocycles. The topological polar surface area (TPSA) is 38.3 Å². The zero-order valence-electron chi connectivity index (χ0n) is 10.8. The Bertz CT molecular complexity index is 617. The van der Waals surface area contributed by atoms with Crippen molar-refractivity contribution in [2.45, 2.75) is 6.61 Å². The zero-order valence-corrected chi connectivity index (χ0v) is 11.6. The monoisotopic (exact) mass is 293 g/mol. The van der Waals surface area contributed by atoms with E-state index in [0.29, 0.717) is 0 Å². The van der Waals surface area contributed by atoms with Gasteiger partial charge in [0.2, 0.25) is 0 Å². The van der Waals surface area contributed by atoms with Crippen LogP contribution in [0, 0.1) is 5.82 Å². The zero-order chi connectivity index (χ0) is 14.5. The van der Waals surface area contributed by atoms with Gasteiger partial charge in [-0.3, -0.25) is 0 Å². The van der Waals surface area contributed by atoms with Gasteiger partial charge in [-0.25, -0.2) is 9.18 Å². The van der Waals surface area contributed by atoms with Crippen LogP contribution < -0.4 is 5.32 Å². The van der Waals surface area contributed by atoms with Crippen molar-refractivity contribution in [1.82, 2.24) is 0 Å². The Balaban J connectivity index is 2.17. The largest absolute Gasteiger partial charge is 0.457 e. The lowest BCUT2D eigenvalue weighted by molar-refractivity contribution is 0.0467. The van der Waals surface area contributed by atoms with Gasteiger partial charge in [0.1, 0.15) is 12.2 Å². The Morgan fingerprint density at radius 3 is 2.60 bits per heavy atom. The van der Waals surface area contributed by atoms with Gasteiger partial charge >= 0.3 is 5.97 Å². The minimum Gasteiger partial charge on any atom is -0.457 e. The fourth-order valence-corrected chi connectivity index (χ4v) is 1.95. The number of hydrogen-bond acceptors (Lipinski definition) is 3. The van der Waals surface area contributed by atoms with Crippen LogP contribution in [0.15, 0.2) is 42.5 Å². The Morgan fingerprint density at radius 1 is 1.25 bits per heavy atom. The molecule has 0 fully saturated rings. The lowest BCUT2D eigenvalue weighted by Crippen LogP contribution is -2.10. The number of nitrogens with one attached hydrogen (secondary N) is 1. The first-order valence-electron chi connectivity index (χ1n) is 6.00. The van der Waals surface area contributed by atoms with Gasteiger partial charge < -0.3 is 10.1 Å². The molecule has 0 heterocycles. The maximum atomic E-state index is 14.1. The van der Waals surface area contributed by atoms with E-state index in [1.807, 2.05) is 30.3 Å². The molecule has 0 saturated heterocycles. The van der Waals surface area contributed by atoms with Crippen LogP contribution in [0.5, 0.6) is 0 Å². The Kier molecular flexibility index (Phi) is 4.58. The maximum absolute atomic E-state index is 14.1. The third-order valence-electron chi connectivity index (χ3n) is 2.78. The van der Waals surface area contributed by atoms with E-state index in [0.717, 1.165) is 5.56 Å². The van der Waals surface area contributed by atoms with Crippen LogP contribution in [0.4, 0.5) is 10.1 Å². The predicted octanol–water partition coefficient (Wildman–Crippen LogP) is 3.88. The van der Waals surface area contributed by atoms with Crippen LogP contribution in [0.25, 0.3) is 0 Å². The molecule has 0 spiro atoms. The summed E-state index contributed by atoms with van der Waals surface area (Å²) in [6.07, 6.45) is 0. The van der Waals surface area contributed by atoms with Gasteiger partial charge in [0.05, 0.1) is 10.7 Å². The molecular weight excluding hydrogens is 281 g/mol. The van der Waals surface area contributed by atoms with Crippen LogP contribution in [-0.2, 0) is 11.3 Å². The smallest absolute Gasteiger partial charge is 0.343 e. The fourth-order valence-electron chi connectivity index (χ4n) is 1.73. The molecular formula is C15H13ClFNO2. The Morgan fingerprint density at radius 2 is 1.95 bits per heavy atom. The van der Waals surface area contributed by atoms with Crippen LogP contribution in [0.3, 0.4) is 0 Å². The summed E-state index contributed by atoms with van der Waals surface area (Å²) in [5, 5.41) is 2.68. The molecule has 2 aromatic carbocycles. The number of hydrogen-bond donors (Lipinski definition) is 1. The van der Waals surface area contributed by atoms with E-state index in [1.54, 1.807) is 7.05 Å². The first-order valence-corrected chi connectivity index (χ1v) is 6.38. The van der Waals surface area contributed by atoms with E-state index in [9.17, 15) is 9.18 Å². The number of esters is 1. The highest BCUT2D eigenvalue weighted by atomic mass is 35.5. The average molecular weight is 294 g/mol. The molecule has 3 nitrogen and oxygen atoms in total. The van der Waals surface area contributed by atoms with Crippen LogP contribution in [0.1, 0.15) is 15.9 Å². The van der Waals surface area contributed by atoms with E-state index in [1.165, 1.54) is 12.1 Å². The molecule has 2 aromatic rings. The highest BCUT2D eigenvalue weighted by Gasteiger charge is 2.20. The van der Waals surface area contributed by atoms with Crippen molar-refractivity contribution >= 4 is 23.3 Å².